The summed E-state index contributed by atoms with van der Waals surface area (Å²) in [6.45, 7) is 3.32. The number of fused-ring (bicyclic) bond motifs is 1. The van der Waals surface area contributed by atoms with Crippen LogP contribution < -0.4 is 9.47 Å². The molecule has 0 radical (unpaired) electrons. The number of halogens is 1. The van der Waals surface area contributed by atoms with E-state index < -0.39 is 26.6 Å². The van der Waals surface area contributed by atoms with Gasteiger partial charge in [-0.1, -0.05) is 12.1 Å². The van der Waals surface area contributed by atoms with Gasteiger partial charge in [0.1, 0.15) is 23.9 Å². The van der Waals surface area contributed by atoms with Gasteiger partial charge in [0.25, 0.3) is 5.91 Å². The number of carbonyl (C=O) groups excluding carboxylic acids is 1. The van der Waals surface area contributed by atoms with Gasteiger partial charge in [0.05, 0.1) is 0 Å². The third-order valence-corrected chi connectivity index (χ3v) is 6.44. The quantitative estimate of drug-likeness (QED) is 0.715. The lowest BCUT2D eigenvalue weighted by Gasteiger charge is -2.25. The molecule has 0 unspecified atom stereocenters. The van der Waals surface area contributed by atoms with Crippen LogP contribution >= 0.6 is 0 Å². The van der Waals surface area contributed by atoms with Gasteiger partial charge in [-0.15, -0.1) is 0 Å². The smallest absolute Gasteiger partial charge is 0.254 e. The third-order valence-electron chi connectivity index (χ3n) is 4.61. The second-order valence-electron chi connectivity index (χ2n) is 6.69. The number of para-hydroxylation sites is 1. The maximum absolute atomic E-state index is 14.1. The number of nitrogens with zero attached hydrogens (tertiary/aromatic N) is 2. The molecule has 156 valence electrons. The highest BCUT2D eigenvalue weighted by Crippen LogP contribution is 2.34. The summed E-state index contributed by atoms with van der Waals surface area (Å²) >= 11 is 0. The highest BCUT2D eigenvalue weighted by atomic mass is 32.2. The van der Waals surface area contributed by atoms with Crippen LogP contribution in [0, 0.1) is 5.82 Å². The van der Waals surface area contributed by atoms with E-state index in [1.54, 1.807) is 6.07 Å². The highest BCUT2D eigenvalue weighted by molar-refractivity contribution is 7.89. The molecule has 1 aliphatic rings. The van der Waals surface area contributed by atoms with Gasteiger partial charge in [-0.05, 0) is 31.2 Å². The van der Waals surface area contributed by atoms with Gasteiger partial charge in [0.15, 0.2) is 11.5 Å². The Morgan fingerprint density at radius 1 is 1.14 bits per heavy atom. The number of sulfonamides is 1. The van der Waals surface area contributed by atoms with E-state index in [4.69, 9.17) is 9.47 Å². The minimum atomic E-state index is -4.02. The minimum Gasteiger partial charge on any atom is -0.486 e. The molecule has 0 fully saturated rings. The van der Waals surface area contributed by atoms with Crippen molar-refractivity contribution in [3.8, 4) is 11.5 Å². The number of hydrogen-bond donors (Lipinski definition) is 0. The molecule has 7 nitrogen and oxygen atoms in total. The molecule has 0 spiro atoms. The molecule has 0 aromatic heterocycles. The van der Waals surface area contributed by atoms with Gasteiger partial charge in [-0.25, -0.2) is 17.1 Å². The van der Waals surface area contributed by atoms with Crippen molar-refractivity contribution >= 4 is 15.9 Å². The lowest BCUT2D eigenvalue weighted by molar-refractivity contribution is 0.0748. The monoisotopic (exact) mass is 422 g/mol. The Balaban J connectivity index is 1.91. The molecule has 1 aliphatic heterocycles. The predicted molar refractivity (Wildman–Crippen MR) is 105 cm³/mol. The standard InChI is InChI=1S/C20H23FN2O5S/c1-4-23(13-15-6-5-7-17-19(15)28-11-10-27-17)20(24)14-8-9-16(21)18(12-14)29(25,26)22(2)3/h5-9,12H,4,10-11,13H2,1-3H3. The van der Waals surface area contributed by atoms with Crippen molar-refractivity contribution in [2.75, 3.05) is 33.9 Å². The first kappa shape index (κ1) is 21.1. The number of hydrogen-bond acceptors (Lipinski definition) is 5. The van der Waals surface area contributed by atoms with Crippen LogP contribution in [0.5, 0.6) is 11.5 Å². The van der Waals surface area contributed by atoms with E-state index in [1.807, 2.05) is 19.1 Å². The lowest BCUT2D eigenvalue weighted by atomic mass is 10.1. The highest BCUT2D eigenvalue weighted by Gasteiger charge is 2.25. The molecule has 0 saturated heterocycles. The zero-order valence-electron chi connectivity index (χ0n) is 16.5. The number of rotatable bonds is 6. The summed E-state index contributed by atoms with van der Waals surface area (Å²) in [6.07, 6.45) is 0. The summed E-state index contributed by atoms with van der Waals surface area (Å²) in [5.74, 6) is -0.0867. The van der Waals surface area contributed by atoms with Crippen molar-refractivity contribution in [3.05, 3.63) is 53.3 Å². The lowest BCUT2D eigenvalue weighted by Crippen LogP contribution is -2.31. The van der Waals surface area contributed by atoms with Crippen molar-refractivity contribution in [1.29, 1.82) is 0 Å². The number of ether oxygens (including phenoxy) is 2. The molecule has 0 N–H and O–H groups in total. The normalized spacial score (nSPS) is 13.4. The van der Waals surface area contributed by atoms with Crippen molar-refractivity contribution in [3.63, 3.8) is 0 Å². The van der Waals surface area contributed by atoms with E-state index in [1.165, 1.54) is 25.1 Å². The molecule has 2 aromatic carbocycles. The maximum Gasteiger partial charge on any atom is 0.254 e. The first-order chi connectivity index (χ1) is 13.8. The van der Waals surface area contributed by atoms with E-state index >= 15 is 0 Å². The van der Waals surface area contributed by atoms with E-state index in [2.05, 4.69) is 0 Å². The third kappa shape index (κ3) is 4.20. The fourth-order valence-corrected chi connectivity index (χ4v) is 3.99. The van der Waals surface area contributed by atoms with Crippen LogP contribution in [0.1, 0.15) is 22.8 Å². The van der Waals surface area contributed by atoms with Crippen LogP contribution in [-0.2, 0) is 16.6 Å². The molecule has 29 heavy (non-hydrogen) atoms. The van der Waals surface area contributed by atoms with Crippen molar-refractivity contribution in [2.45, 2.75) is 18.4 Å². The van der Waals surface area contributed by atoms with Crippen LogP contribution in [0.3, 0.4) is 0 Å². The van der Waals surface area contributed by atoms with Gasteiger partial charge in [0, 0.05) is 38.3 Å². The summed E-state index contributed by atoms with van der Waals surface area (Å²) < 4.78 is 51.0. The van der Waals surface area contributed by atoms with Crippen molar-refractivity contribution in [2.24, 2.45) is 0 Å². The molecule has 0 bridgehead atoms. The van der Waals surface area contributed by atoms with Crippen LogP contribution in [-0.4, -0.2) is 57.4 Å². The Bertz CT molecular complexity index is 1020. The number of carbonyl (C=O) groups is 1. The van der Waals surface area contributed by atoms with Crippen molar-refractivity contribution in [1.82, 2.24) is 9.21 Å². The molecule has 0 saturated carbocycles. The summed E-state index contributed by atoms with van der Waals surface area (Å²) in [7, 11) is -1.40. The van der Waals surface area contributed by atoms with Crippen LogP contribution in [0.2, 0.25) is 0 Å². The Kier molecular flexibility index (Phi) is 6.09. The summed E-state index contributed by atoms with van der Waals surface area (Å²) in [4.78, 5) is 14.0. The Morgan fingerprint density at radius 3 is 2.55 bits per heavy atom. The van der Waals surface area contributed by atoms with E-state index in [9.17, 15) is 17.6 Å². The van der Waals surface area contributed by atoms with Crippen molar-refractivity contribution < 1.29 is 27.1 Å². The molecule has 3 rings (SSSR count). The number of amides is 1. The predicted octanol–water partition coefficient (Wildman–Crippen LogP) is 2.51. The summed E-state index contributed by atoms with van der Waals surface area (Å²) in [5.41, 5.74) is 0.872. The van der Waals surface area contributed by atoms with Crippen LogP contribution in [0.15, 0.2) is 41.3 Å². The Labute approximate surface area is 169 Å². The van der Waals surface area contributed by atoms with E-state index in [0.717, 1.165) is 22.0 Å². The van der Waals surface area contributed by atoms with Gasteiger partial charge in [-0.3, -0.25) is 4.79 Å². The van der Waals surface area contributed by atoms with Gasteiger partial charge >= 0.3 is 0 Å². The minimum absolute atomic E-state index is 0.0932. The van der Waals surface area contributed by atoms with Crippen LogP contribution in [0.25, 0.3) is 0 Å². The SMILES string of the molecule is CCN(Cc1cccc2c1OCCO2)C(=O)c1ccc(F)c(S(=O)(=O)N(C)C)c1. The fraction of sp³-hybridized carbons (Fsp3) is 0.350. The van der Waals surface area contributed by atoms with E-state index in [-0.39, 0.29) is 12.1 Å². The topological polar surface area (TPSA) is 76.1 Å². The summed E-state index contributed by atoms with van der Waals surface area (Å²) in [6, 6.07) is 8.83. The zero-order chi connectivity index (χ0) is 21.2. The molecule has 0 aliphatic carbocycles. The fourth-order valence-electron chi connectivity index (χ4n) is 3.00. The molecular weight excluding hydrogens is 399 g/mol. The second kappa shape index (κ2) is 8.38. The number of benzene rings is 2. The Morgan fingerprint density at radius 2 is 1.86 bits per heavy atom. The largest absolute Gasteiger partial charge is 0.486 e. The van der Waals surface area contributed by atoms with Gasteiger partial charge < -0.3 is 14.4 Å². The molecular formula is C20H23FN2O5S. The second-order valence-corrected chi connectivity index (χ2v) is 8.81. The molecule has 0 atom stereocenters. The molecule has 1 heterocycles. The summed E-state index contributed by atoms with van der Waals surface area (Å²) in [5, 5.41) is 0. The van der Waals surface area contributed by atoms with Gasteiger partial charge in [-0.2, -0.15) is 0 Å². The average Bonchev–Trinajstić information content (AvgIpc) is 2.71. The van der Waals surface area contributed by atoms with Gasteiger partial charge in [0.2, 0.25) is 10.0 Å². The first-order valence-corrected chi connectivity index (χ1v) is 10.6. The van der Waals surface area contributed by atoms with Crippen LogP contribution in [0.4, 0.5) is 4.39 Å². The molecule has 2 aromatic rings. The Hall–Kier alpha value is -2.65. The first-order valence-electron chi connectivity index (χ1n) is 9.14. The molecule has 9 heteroatoms. The van der Waals surface area contributed by atoms with E-state index in [0.29, 0.717) is 31.3 Å². The average molecular weight is 422 g/mol. The zero-order valence-corrected chi connectivity index (χ0v) is 17.3. The molecule has 1 amide bonds. The maximum atomic E-state index is 14.1.